The van der Waals surface area contributed by atoms with Crippen molar-refractivity contribution in [3.05, 3.63) is 296 Å². The van der Waals surface area contributed by atoms with Crippen LogP contribution < -0.4 is 22.8 Å². The standard InChI is InChI=1S/3C24H27N2O.2C23H25N2O/c2*1-7-17-12-21(26(6)13-20(17)14(2)3)22-15(4)8-10-18-19-11-9-16(5)25-24(19)27-23(18)22;1-6-18-9-11-20-19-10-7-16(4)22(23(19)27-24(20)25-18)21-12-8-17(13-15(2)3)14-26(21)5;1-14(2)12-17-8-11-20(25(5)13-17)21-15(3)6-9-18-19-10-7-16(4)24-23(19)26-22(18)21;1-6-16-12-20(25(5)13-17(16)7-2)21-14(3)8-10-18-19-11-9-15(4)24-23(19)26-22(18)21/h2*8-14H,7H2,1-6H3;7-12,14-15H,6,13H2,1-5H3;6-11,13-14H,12H2,1-5H3;8-13H,6-7H2,1-5H3/q5*+1/i7D2,14D;7D2;;;6D2,7D2. The van der Waals surface area contributed by atoms with Gasteiger partial charge in [0.15, 0.2) is 58.9 Å². The third-order valence-electron chi connectivity index (χ3n) is 25.6. The second-order valence-electron chi connectivity index (χ2n) is 37.2. The molecule has 0 aliphatic heterocycles. The Morgan fingerprint density at radius 3 is 0.850 bits per heavy atom. The van der Waals surface area contributed by atoms with Crippen LogP contribution in [0, 0.1) is 74.1 Å². The summed E-state index contributed by atoms with van der Waals surface area (Å²) in [5, 5.41) is 10.3. The fourth-order valence-corrected chi connectivity index (χ4v) is 18.7. The Bertz CT molecular complexity index is 8150. The molecular formula is C118H131N10O5+5. The summed E-state index contributed by atoms with van der Waals surface area (Å²) < 4.78 is 117. The van der Waals surface area contributed by atoms with Gasteiger partial charge in [-0.05, 0) is 248 Å². The van der Waals surface area contributed by atoms with E-state index in [1.807, 2.05) is 139 Å². The summed E-state index contributed by atoms with van der Waals surface area (Å²) >= 11 is 0. The molecule has 0 fully saturated rings. The van der Waals surface area contributed by atoms with Gasteiger partial charge < -0.3 is 22.1 Å². The second-order valence-corrected chi connectivity index (χ2v) is 37.2. The molecule has 0 saturated carbocycles. The van der Waals surface area contributed by atoms with Gasteiger partial charge in [0.05, 0.1) is 27.8 Å². The Kier molecular flexibility index (Phi) is 23.6. The van der Waals surface area contributed by atoms with Crippen molar-refractivity contribution in [3.63, 3.8) is 0 Å². The lowest BCUT2D eigenvalue weighted by Gasteiger charge is -2.13. The van der Waals surface area contributed by atoms with Crippen molar-refractivity contribution >= 4 is 110 Å². The molecule has 0 bridgehead atoms. The zero-order valence-electron chi connectivity index (χ0n) is 91.3. The van der Waals surface area contributed by atoms with Gasteiger partial charge >= 0.3 is 0 Å². The number of aromatic nitrogens is 10. The molecule has 15 aromatic heterocycles. The van der Waals surface area contributed by atoms with Crippen LogP contribution in [-0.2, 0) is 80.0 Å². The number of benzene rings is 5. The smallest absolute Gasteiger partial charge is 0.227 e. The molecule has 20 aromatic rings. The normalized spacial score (nSPS) is 13.3. The van der Waals surface area contributed by atoms with Crippen LogP contribution in [0.5, 0.6) is 0 Å². The maximum atomic E-state index is 8.53. The zero-order chi connectivity index (χ0) is 103. The Labute approximate surface area is 796 Å². The molecule has 5 aromatic carbocycles. The van der Waals surface area contributed by atoms with Gasteiger partial charge in [0.1, 0.15) is 35.2 Å². The van der Waals surface area contributed by atoms with Gasteiger partial charge in [-0.1, -0.05) is 151 Å². The molecule has 0 saturated heterocycles. The van der Waals surface area contributed by atoms with E-state index in [-0.39, 0.29) is 5.92 Å². The molecule has 15 heterocycles. The van der Waals surface area contributed by atoms with E-state index in [0.29, 0.717) is 62.5 Å². The molecule has 15 nitrogen and oxygen atoms in total. The van der Waals surface area contributed by atoms with Crippen LogP contribution in [0.1, 0.15) is 215 Å². The molecule has 15 heteroatoms. The lowest BCUT2D eigenvalue weighted by Crippen LogP contribution is -2.32. The topological polar surface area (TPSA) is 150 Å². The minimum Gasteiger partial charge on any atom is -0.437 e. The Balaban J connectivity index is 0.000000128. The van der Waals surface area contributed by atoms with E-state index in [2.05, 4.69) is 233 Å². The van der Waals surface area contributed by atoms with E-state index < -0.39 is 31.4 Å². The van der Waals surface area contributed by atoms with Crippen molar-refractivity contribution in [2.24, 2.45) is 47.1 Å². The largest absolute Gasteiger partial charge is 0.437 e. The molecule has 0 radical (unpaired) electrons. The summed E-state index contributed by atoms with van der Waals surface area (Å²) in [6.07, 6.45) is 6.80. The number of hydrogen-bond donors (Lipinski definition) is 0. The second kappa shape index (κ2) is 38.4. The van der Waals surface area contributed by atoms with Crippen LogP contribution in [-0.4, -0.2) is 24.9 Å². The highest BCUT2D eigenvalue weighted by molar-refractivity contribution is 6.13. The average Bonchev–Trinajstić information content (AvgIpc) is 1.57. The molecule has 678 valence electrons. The molecule has 0 aliphatic rings. The molecule has 0 amide bonds. The van der Waals surface area contributed by atoms with Crippen LogP contribution in [0.2, 0.25) is 0 Å². The fraction of sp³-hybridized carbons (Fsp3) is 0.322. The van der Waals surface area contributed by atoms with E-state index in [0.717, 1.165) is 208 Å². The lowest BCUT2D eigenvalue weighted by molar-refractivity contribution is -0.661. The minimum absolute atomic E-state index is 0.232. The fourth-order valence-electron chi connectivity index (χ4n) is 18.7. The van der Waals surface area contributed by atoms with E-state index in [4.69, 9.17) is 39.4 Å². The highest BCUT2D eigenvalue weighted by Crippen LogP contribution is 2.44. The van der Waals surface area contributed by atoms with Crippen LogP contribution in [0.25, 0.3) is 167 Å². The van der Waals surface area contributed by atoms with Crippen molar-refractivity contribution in [3.8, 4) is 56.3 Å². The van der Waals surface area contributed by atoms with Gasteiger partial charge in [0, 0.05) is 153 Å². The van der Waals surface area contributed by atoms with E-state index in [1.54, 1.807) is 40.0 Å². The average molecular weight is 1780 g/mol. The van der Waals surface area contributed by atoms with Crippen molar-refractivity contribution < 1.29 is 57.3 Å². The molecule has 0 aliphatic carbocycles. The molecule has 0 atom stereocenters. The van der Waals surface area contributed by atoms with E-state index >= 15 is 0 Å². The number of hydrogen-bond acceptors (Lipinski definition) is 10. The maximum absolute atomic E-state index is 8.53. The quantitative estimate of drug-likeness (QED) is 0.0856. The van der Waals surface area contributed by atoms with Gasteiger partial charge in [0.2, 0.25) is 57.0 Å². The summed E-state index contributed by atoms with van der Waals surface area (Å²) in [4.78, 5) is 22.9. The first-order chi connectivity index (χ1) is 66.7. The van der Waals surface area contributed by atoms with Crippen molar-refractivity contribution in [2.75, 3.05) is 0 Å². The number of nitrogens with zero attached hydrogens (tertiary/aromatic N) is 10. The molecule has 0 unspecified atom stereocenters. The Hall–Kier alpha value is -13.4. The number of rotatable bonds is 16. The van der Waals surface area contributed by atoms with Crippen molar-refractivity contribution in [2.45, 2.75) is 209 Å². The first-order valence-corrected chi connectivity index (χ1v) is 46.4. The first kappa shape index (κ1) is 81.6. The Morgan fingerprint density at radius 1 is 0.286 bits per heavy atom. The summed E-state index contributed by atoms with van der Waals surface area (Å²) in [6, 6.07) is 55.9. The summed E-state index contributed by atoms with van der Waals surface area (Å²) in [7, 11) is 10.0. The predicted octanol–water partition coefficient (Wildman–Crippen LogP) is 27.6. The van der Waals surface area contributed by atoms with Gasteiger partial charge in [-0.2, -0.15) is 0 Å². The van der Waals surface area contributed by atoms with Crippen molar-refractivity contribution in [1.29, 1.82) is 0 Å². The van der Waals surface area contributed by atoms with E-state index in [9.17, 15) is 0 Å². The number of furan rings is 5. The first-order valence-electron chi connectivity index (χ1n) is 50.9. The zero-order valence-corrected chi connectivity index (χ0v) is 82.3. The molecular weight excluding hydrogens is 1640 g/mol. The van der Waals surface area contributed by atoms with Crippen LogP contribution >= 0.6 is 0 Å². The monoisotopic (exact) mass is 1780 g/mol. The number of fused-ring (bicyclic) bond motifs is 15. The molecule has 0 N–H and O–H groups in total. The number of aryl methyl sites for hydroxylation is 19. The molecule has 0 spiro atoms. The summed E-state index contributed by atoms with van der Waals surface area (Å²) in [5.74, 6) is 0.609. The van der Waals surface area contributed by atoms with Crippen molar-refractivity contribution in [1.82, 2.24) is 24.9 Å². The van der Waals surface area contributed by atoms with Crippen LogP contribution in [0.3, 0.4) is 0 Å². The minimum atomic E-state index is -1.70. The van der Waals surface area contributed by atoms with Gasteiger partial charge in [0.25, 0.3) is 0 Å². The molecule has 133 heavy (non-hydrogen) atoms. The maximum Gasteiger partial charge on any atom is 0.227 e. The van der Waals surface area contributed by atoms with Gasteiger partial charge in [-0.3, -0.25) is 0 Å². The SMILES string of the molecule is CCc1ccc2c(n1)oc1c(-c3ccc(CC(C)C)c[n+]3C)c(C)ccc12.Cc1ccc2c(n1)oc1c(-c3ccc(CC(C)C)c[n+]3C)c(C)ccc12.[2H]C([2H])(C)c1cc(-c2c(C)ccc3c2oc2nc(C)ccc23)[n+](C)cc1C(C)C.[2H]C([2H])(C)c1cc(-c2c(C)ccc3c2oc2nc(C)ccc23)[n+](C)cc1C([2H])(C)C.[2H]C([2H])(C)c1cc(-c2c(C)ccc3c2oc2nc(C)ccc23)[n+](C)cc1C([2H])([2H])C. The third kappa shape index (κ3) is 18.3. The molecule has 20 rings (SSSR count). The van der Waals surface area contributed by atoms with E-state index in [1.165, 1.54) is 41.8 Å². The summed E-state index contributed by atoms with van der Waals surface area (Å²) in [5.41, 5.74) is 33.9. The summed E-state index contributed by atoms with van der Waals surface area (Å²) in [6.45, 7) is 43.2. The van der Waals surface area contributed by atoms with Gasteiger partial charge in [-0.15, -0.1) is 0 Å². The third-order valence-corrected chi connectivity index (χ3v) is 25.6. The van der Waals surface area contributed by atoms with Gasteiger partial charge in [-0.25, -0.2) is 47.8 Å². The number of pyridine rings is 10. The van der Waals surface area contributed by atoms with Crippen LogP contribution in [0.4, 0.5) is 0 Å². The van der Waals surface area contributed by atoms with Crippen LogP contribution in [0.15, 0.2) is 217 Å². The highest BCUT2D eigenvalue weighted by Gasteiger charge is 2.30. The predicted molar refractivity (Wildman–Crippen MR) is 545 cm³/mol. The highest BCUT2D eigenvalue weighted by atomic mass is 16.4. The lowest BCUT2D eigenvalue weighted by atomic mass is 9.94. The Morgan fingerprint density at radius 2 is 0.556 bits per heavy atom.